The molecule has 0 aliphatic rings. The van der Waals surface area contributed by atoms with E-state index in [-0.39, 0.29) is 11.5 Å². The maximum Gasteiger partial charge on any atom is 0.102 e. The quantitative estimate of drug-likeness (QED) is 0.682. The van der Waals surface area contributed by atoms with Crippen molar-refractivity contribution in [3.8, 4) is 0 Å². The summed E-state index contributed by atoms with van der Waals surface area (Å²) < 4.78 is 12.0. The van der Waals surface area contributed by atoms with Crippen LogP contribution in [0.3, 0.4) is 0 Å². The number of rotatable bonds is 3. The van der Waals surface area contributed by atoms with Crippen molar-refractivity contribution in [1.29, 1.82) is 0 Å². The van der Waals surface area contributed by atoms with Gasteiger partial charge in [0.2, 0.25) is 0 Å². The summed E-state index contributed by atoms with van der Waals surface area (Å²) in [5.74, 6) is 0. The Morgan fingerprint density at radius 3 is 2.45 bits per heavy atom. The van der Waals surface area contributed by atoms with Crippen LogP contribution in [0, 0.1) is 0 Å². The number of hydrogen-bond acceptors (Lipinski definition) is 0. The minimum absolute atomic E-state index is 0.0371. The molecule has 2 heteroatoms. The van der Waals surface area contributed by atoms with Crippen LogP contribution in [0.15, 0.2) is 30.3 Å². The molecule has 60 valence electrons. The molecule has 0 N–H and O–H groups in total. The first-order chi connectivity index (χ1) is 5.33. The molecule has 0 saturated heterocycles. The van der Waals surface area contributed by atoms with Gasteiger partial charge >= 0.3 is 0 Å². The summed E-state index contributed by atoms with van der Waals surface area (Å²) in [6, 6.07) is 9.90. The third kappa shape index (κ3) is 3.02. The van der Waals surface area contributed by atoms with Gasteiger partial charge in [0, 0.05) is 4.83 Å². The third-order valence-corrected chi connectivity index (χ3v) is 2.04. The Hall–Kier alpha value is -0.370. The van der Waals surface area contributed by atoms with E-state index in [2.05, 4.69) is 15.9 Å². The van der Waals surface area contributed by atoms with Gasteiger partial charge in [0.25, 0.3) is 0 Å². The molecule has 0 amide bonds. The Kier molecular flexibility index (Phi) is 3.57. The lowest BCUT2D eigenvalue weighted by molar-refractivity contribution is 0.485. The average molecular weight is 217 g/mol. The molecule has 0 bridgehead atoms. The predicted molar refractivity (Wildman–Crippen MR) is 48.8 cm³/mol. The summed E-state index contributed by atoms with van der Waals surface area (Å²) in [7, 11) is 0. The molecule has 0 heterocycles. The molecule has 0 aliphatic heterocycles. The summed E-state index contributed by atoms with van der Waals surface area (Å²) in [6.45, 7) is -0.311. The minimum Gasteiger partial charge on any atom is -0.250 e. The molecule has 0 fully saturated rings. The number of benzene rings is 1. The highest BCUT2D eigenvalue weighted by atomic mass is 79.9. The topological polar surface area (TPSA) is 0 Å². The first kappa shape index (κ1) is 8.72. The Bertz CT molecular complexity index is 198. The average Bonchev–Trinajstić information content (AvgIpc) is 2.06. The maximum absolute atomic E-state index is 12.0. The number of halogens is 2. The molecule has 0 aromatic heterocycles. The minimum atomic E-state index is -0.311. The number of hydrogen-bond donors (Lipinski definition) is 0. The Balaban J connectivity index is 2.51. The monoisotopic (exact) mass is 216 g/mol. The standard InChI is InChI=1S/C9H10BrF/c10-9(7-11)6-8-4-2-1-3-5-8/h1-5,9H,6-7H2/t9-/m1/s1. The zero-order chi connectivity index (χ0) is 8.10. The van der Waals surface area contributed by atoms with Gasteiger partial charge in [0.1, 0.15) is 6.67 Å². The zero-order valence-electron chi connectivity index (χ0n) is 6.13. The molecule has 0 nitrogen and oxygen atoms in total. The predicted octanol–water partition coefficient (Wildman–Crippen LogP) is 2.96. The van der Waals surface area contributed by atoms with Crippen LogP contribution in [-0.4, -0.2) is 11.5 Å². The second kappa shape index (κ2) is 4.50. The highest BCUT2D eigenvalue weighted by Gasteiger charge is 2.02. The lowest BCUT2D eigenvalue weighted by atomic mass is 10.1. The van der Waals surface area contributed by atoms with Gasteiger partial charge in [-0.3, -0.25) is 0 Å². The van der Waals surface area contributed by atoms with E-state index in [4.69, 9.17) is 0 Å². The molecule has 0 unspecified atom stereocenters. The van der Waals surface area contributed by atoms with Gasteiger partial charge < -0.3 is 0 Å². The van der Waals surface area contributed by atoms with Crippen LogP contribution in [0.25, 0.3) is 0 Å². The van der Waals surface area contributed by atoms with Crippen LogP contribution < -0.4 is 0 Å². The second-order valence-corrected chi connectivity index (χ2v) is 3.74. The molecule has 0 saturated carbocycles. The Morgan fingerprint density at radius 1 is 1.27 bits per heavy atom. The van der Waals surface area contributed by atoms with Crippen LogP contribution in [0.2, 0.25) is 0 Å². The summed E-state index contributed by atoms with van der Waals surface area (Å²) in [5, 5.41) is 0. The van der Waals surface area contributed by atoms with E-state index in [0.29, 0.717) is 0 Å². The van der Waals surface area contributed by atoms with E-state index in [1.54, 1.807) is 0 Å². The molecule has 1 rings (SSSR count). The molecule has 0 aliphatic carbocycles. The van der Waals surface area contributed by atoms with Crippen molar-refractivity contribution in [2.24, 2.45) is 0 Å². The number of alkyl halides is 2. The first-order valence-electron chi connectivity index (χ1n) is 3.57. The summed E-state index contributed by atoms with van der Waals surface area (Å²) in [4.78, 5) is -0.0371. The van der Waals surface area contributed by atoms with Crippen LogP contribution >= 0.6 is 15.9 Å². The van der Waals surface area contributed by atoms with E-state index < -0.39 is 0 Å². The van der Waals surface area contributed by atoms with E-state index in [9.17, 15) is 4.39 Å². The van der Waals surface area contributed by atoms with Gasteiger partial charge in [0.15, 0.2) is 0 Å². The fourth-order valence-corrected chi connectivity index (χ4v) is 1.30. The largest absolute Gasteiger partial charge is 0.250 e. The third-order valence-electron chi connectivity index (χ3n) is 1.47. The molecule has 0 spiro atoms. The fourth-order valence-electron chi connectivity index (χ4n) is 0.924. The lowest BCUT2D eigenvalue weighted by Gasteiger charge is -2.03. The van der Waals surface area contributed by atoms with Crippen molar-refractivity contribution in [3.05, 3.63) is 35.9 Å². The summed E-state index contributed by atoms with van der Waals surface area (Å²) in [5.41, 5.74) is 1.17. The van der Waals surface area contributed by atoms with E-state index in [0.717, 1.165) is 6.42 Å². The van der Waals surface area contributed by atoms with Gasteiger partial charge in [-0.15, -0.1) is 0 Å². The van der Waals surface area contributed by atoms with Crippen LogP contribution in [0.1, 0.15) is 5.56 Å². The molecule has 1 aromatic carbocycles. The van der Waals surface area contributed by atoms with E-state index >= 15 is 0 Å². The highest BCUT2D eigenvalue weighted by molar-refractivity contribution is 9.09. The molecular weight excluding hydrogens is 207 g/mol. The molecule has 11 heavy (non-hydrogen) atoms. The van der Waals surface area contributed by atoms with Crippen LogP contribution in [-0.2, 0) is 6.42 Å². The van der Waals surface area contributed by atoms with Crippen LogP contribution in [0.4, 0.5) is 4.39 Å². The summed E-state index contributed by atoms with van der Waals surface area (Å²) in [6.07, 6.45) is 0.761. The molecule has 1 aromatic rings. The van der Waals surface area contributed by atoms with Gasteiger partial charge in [-0.2, -0.15) is 0 Å². The zero-order valence-corrected chi connectivity index (χ0v) is 7.72. The maximum atomic E-state index is 12.0. The van der Waals surface area contributed by atoms with Gasteiger partial charge in [-0.1, -0.05) is 46.3 Å². The van der Waals surface area contributed by atoms with Crippen molar-refractivity contribution in [2.45, 2.75) is 11.2 Å². The van der Waals surface area contributed by atoms with Crippen molar-refractivity contribution in [2.75, 3.05) is 6.67 Å². The van der Waals surface area contributed by atoms with E-state index in [1.165, 1.54) is 5.56 Å². The van der Waals surface area contributed by atoms with Crippen molar-refractivity contribution >= 4 is 15.9 Å². The molecule has 0 radical (unpaired) electrons. The van der Waals surface area contributed by atoms with Crippen LogP contribution in [0.5, 0.6) is 0 Å². The van der Waals surface area contributed by atoms with E-state index in [1.807, 2.05) is 30.3 Å². The van der Waals surface area contributed by atoms with Crippen molar-refractivity contribution < 1.29 is 4.39 Å². The second-order valence-electron chi connectivity index (χ2n) is 2.44. The SMILES string of the molecule is FC[C@H](Br)Cc1ccccc1. The van der Waals surface area contributed by atoms with Crippen molar-refractivity contribution in [1.82, 2.24) is 0 Å². The van der Waals surface area contributed by atoms with Crippen molar-refractivity contribution in [3.63, 3.8) is 0 Å². The first-order valence-corrected chi connectivity index (χ1v) is 4.48. The smallest absolute Gasteiger partial charge is 0.102 e. The fraction of sp³-hybridized carbons (Fsp3) is 0.333. The normalized spacial score (nSPS) is 12.9. The molecular formula is C9H10BrF. The van der Waals surface area contributed by atoms with Gasteiger partial charge in [-0.25, -0.2) is 4.39 Å². The summed E-state index contributed by atoms with van der Waals surface area (Å²) >= 11 is 3.24. The molecule has 1 atom stereocenters. The van der Waals surface area contributed by atoms with Gasteiger partial charge in [-0.05, 0) is 12.0 Å². The Morgan fingerprint density at radius 2 is 1.91 bits per heavy atom. The highest BCUT2D eigenvalue weighted by Crippen LogP contribution is 2.09. The Labute approximate surface area is 74.6 Å². The lowest BCUT2D eigenvalue weighted by Crippen LogP contribution is -2.03. The van der Waals surface area contributed by atoms with Gasteiger partial charge in [0.05, 0.1) is 0 Å².